The summed E-state index contributed by atoms with van der Waals surface area (Å²) in [5, 5.41) is 0. The monoisotopic (exact) mass is 308 g/mol. The molecule has 0 spiro atoms. The summed E-state index contributed by atoms with van der Waals surface area (Å²) in [5.41, 5.74) is 0. The average Bonchev–Trinajstić information content (AvgIpc) is 2.54. The summed E-state index contributed by atoms with van der Waals surface area (Å²) >= 11 is 0. The summed E-state index contributed by atoms with van der Waals surface area (Å²) in [7, 11) is 0. The van der Waals surface area contributed by atoms with Gasteiger partial charge in [-0.1, -0.05) is 122 Å². The van der Waals surface area contributed by atoms with Crippen molar-refractivity contribution in [3.05, 3.63) is 12.2 Å². The third-order valence-electron chi connectivity index (χ3n) is 4.71. The molecule has 0 radical (unpaired) electrons. The van der Waals surface area contributed by atoms with Gasteiger partial charge in [0.15, 0.2) is 0 Å². The molecule has 0 heteroatoms. The minimum atomic E-state index is 1.29. The number of hydrogen-bond acceptors (Lipinski definition) is 0. The first-order valence-electron chi connectivity index (χ1n) is 10.5. The Morgan fingerprint density at radius 3 is 1.09 bits per heavy atom. The highest BCUT2D eigenvalue weighted by Gasteiger charge is 1.94. The summed E-state index contributed by atoms with van der Waals surface area (Å²) in [5.74, 6) is 0. The zero-order valence-corrected chi connectivity index (χ0v) is 15.9. The van der Waals surface area contributed by atoms with Gasteiger partial charge in [0.05, 0.1) is 0 Å². The van der Waals surface area contributed by atoms with E-state index < -0.39 is 0 Å². The van der Waals surface area contributed by atoms with Gasteiger partial charge in [-0.05, 0) is 19.8 Å². The van der Waals surface area contributed by atoms with Crippen LogP contribution in [0.15, 0.2) is 12.2 Å². The van der Waals surface area contributed by atoms with Crippen LogP contribution in [0.25, 0.3) is 0 Å². The van der Waals surface area contributed by atoms with Gasteiger partial charge in [-0.15, -0.1) is 0 Å². The lowest BCUT2D eigenvalue weighted by atomic mass is 10.0. The standard InChI is InChI=1S/C22H44/c1-3-5-7-9-11-13-15-17-19-21-22-20-18-16-14-12-10-8-6-4-2/h3,5H,4,6-22H2,1-2H3/b5-3+. The summed E-state index contributed by atoms with van der Waals surface area (Å²) in [6, 6.07) is 0. The van der Waals surface area contributed by atoms with Gasteiger partial charge >= 0.3 is 0 Å². The number of rotatable bonds is 18. The molecule has 0 aliphatic rings. The highest BCUT2D eigenvalue weighted by molar-refractivity contribution is 4.76. The van der Waals surface area contributed by atoms with Crippen LogP contribution < -0.4 is 0 Å². The first kappa shape index (κ1) is 21.7. The molecule has 0 N–H and O–H groups in total. The van der Waals surface area contributed by atoms with Gasteiger partial charge in [-0.3, -0.25) is 0 Å². The van der Waals surface area contributed by atoms with E-state index in [4.69, 9.17) is 0 Å². The van der Waals surface area contributed by atoms with Crippen LogP contribution in [0.5, 0.6) is 0 Å². The second-order valence-electron chi connectivity index (χ2n) is 7.01. The van der Waals surface area contributed by atoms with Crippen LogP contribution in [0, 0.1) is 0 Å². The lowest BCUT2D eigenvalue weighted by Gasteiger charge is -2.03. The molecule has 0 aliphatic heterocycles. The predicted molar refractivity (Wildman–Crippen MR) is 104 cm³/mol. The number of unbranched alkanes of at least 4 members (excludes halogenated alkanes) is 17. The van der Waals surface area contributed by atoms with E-state index in [1.807, 2.05) is 0 Å². The van der Waals surface area contributed by atoms with Crippen molar-refractivity contribution in [3.8, 4) is 0 Å². The molecule has 0 saturated heterocycles. The largest absolute Gasteiger partial charge is 0.0917 e. The maximum atomic E-state index is 2.30. The average molecular weight is 309 g/mol. The van der Waals surface area contributed by atoms with Crippen molar-refractivity contribution in [1.29, 1.82) is 0 Å². The first-order valence-corrected chi connectivity index (χ1v) is 10.5. The molecule has 22 heavy (non-hydrogen) atoms. The topological polar surface area (TPSA) is 0 Å². The smallest absolute Gasteiger partial charge is 0.0351 e. The normalized spacial score (nSPS) is 11.5. The molecule has 0 atom stereocenters. The van der Waals surface area contributed by atoms with Crippen LogP contribution in [-0.4, -0.2) is 0 Å². The number of hydrogen-bond donors (Lipinski definition) is 0. The fraction of sp³-hybridized carbons (Fsp3) is 0.909. The summed E-state index contributed by atoms with van der Waals surface area (Å²) in [6.07, 6.45) is 30.6. The van der Waals surface area contributed by atoms with Crippen LogP contribution in [0.4, 0.5) is 0 Å². The lowest BCUT2D eigenvalue weighted by molar-refractivity contribution is 0.527. The Morgan fingerprint density at radius 2 is 0.773 bits per heavy atom. The molecule has 0 aromatic heterocycles. The van der Waals surface area contributed by atoms with E-state index in [1.165, 1.54) is 116 Å². The molecule has 0 heterocycles. The molecule has 0 aliphatic carbocycles. The third-order valence-corrected chi connectivity index (χ3v) is 4.71. The molecule has 0 aromatic rings. The van der Waals surface area contributed by atoms with Crippen LogP contribution in [0.1, 0.15) is 129 Å². The van der Waals surface area contributed by atoms with E-state index in [9.17, 15) is 0 Å². The Bertz CT molecular complexity index is 204. The van der Waals surface area contributed by atoms with E-state index in [0.29, 0.717) is 0 Å². The minimum absolute atomic E-state index is 1.29. The van der Waals surface area contributed by atoms with Crippen LogP contribution in [0.2, 0.25) is 0 Å². The lowest BCUT2D eigenvalue weighted by Crippen LogP contribution is -1.83. The van der Waals surface area contributed by atoms with Crippen LogP contribution in [-0.2, 0) is 0 Å². The second-order valence-corrected chi connectivity index (χ2v) is 7.01. The fourth-order valence-corrected chi connectivity index (χ4v) is 3.15. The predicted octanol–water partition coefficient (Wildman–Crippen LogP) is 8.60. The van der Waals surface area contributed by atoms with Gasteiger partial charge < -0.3 is 0 Å². The highest BCUT2D eigenvalue weighted by atomic mass is 14.0. The summed E-state index contributed by atoms with van der Waals surface area (Å²) in [6.45, 7) is 4.42. The molecule has 0 fully saturated rings. The van der Waals surface area contributed by atoms with E-state index >= 15 is 0 Å². The van der Waals surface area contributed by atoms with Gasteiger partial charge in [0, 0.05) is 0 Å². The number of allylic oxidation sites excluding steroid dienone is 2. The Labute approximate surface area is 142 Å². The van der Waals surface area contributed by atoms with E-state index in [2.05, 4.69) is 26.0 Å². The molecular weight excluding hydrogens is 264 g/mol. The molecule has 0 bridgehead atoms. The highest BCUT2D eigenvalue weighted by Crippen LogP contribution is 2.14. The van der Waals surface area contributed by atoms with Crippen molar-refractivity contribution in [3.63, 3.8) is 0 Å². The maximum absolute atomic E-state index is 2.30. The van der Waals surface area contributed by atoms with Crippen molar-refractivity contribution < 1.29 is 0 Å². The van der Waals surface area contributed by atoms with Crippen LogP contribution in [0.3, 0.4) is 0 Å². The fourth-order valence-electron chi connectivity index (χ4n) is 3.15. The van der Waals surface area contributed by atoms with Gasteiger partial charge in [0.2, 0.25) is 0 Å². The Balaban J connectivity index is 2.94. The summed E-state index contributed by atoms with van der Waals surface area (Å²) < 4.78 is 0. The zero-order valence-electron chi connectivity index (χ0n) is 15.9. The van der Waals surface area contributed by atoms with E-state index in [0.717, 1.165) is 0 Å². The Kier molecular flexibility index (Phi) is 20.5. The molecule has 0 rings (SSSR count). The quantitative estimate of drug-likeness (QED) is 0.176. The van der Waals surface area contributed by atoms with Crippen molar-refractivity contribution in [2.24, 2.45) is 0 Å². The molecule has 0 aromatic carbocycles. The van der Waals surface area contributed by atoms with Crippen molar-refractivity contribution in [2.75, 3.05) is 0 Å². The Morgan fingerprint density at radius 1 is 0.455 bits per heavy atom. The van der Waals surface area contributed by atoms with Gasteiger partial charge in [0.25, 0.3) is 0 Å². The SMILES string of the molecule is C/C=C/CCCCCCCCCCCCCCCCCCC. The Hall–Kier alpha value is -0.260. The van der Waals surface area contributed by atoms with E-state index in [-0.39, 0.29) is 0 Å². The first-order chi connectivity index (χ1) is 10.9. The van der Waals surface area contributed by atoms with Crippen molar-refractivity contribution >= 4 is 0 Å². The van der Waals surface area contributed by atoms with Gasteiger partial charge in [-0.2, -0.15) is 0 Å². The van der Waals surface area contributed by atoms with Crippen molar-refractivity contribution in [1.82, 2.24) is 0 Å². The molecule has 132 valence electrons. The molecular formula is C22H44. The minimum Gasteiger partial charge on any atom is -0.0917 e. The summed E-state index contributed by atoms with van der Waals surface area (Å²) in [4.78, 5) is 0. The second kappa shape index (κ2) is 20.7. The zero-order chi connectivity index (χ0) is 16.1. The van der Waals surface area contributed by atoms with Gasteiger partial charge in [0.1, 0.15) is 0 Å². The molecule has 0 unspecified atom stereocenters. The molecule has 0 saturated carbocycles. The maximum Gasteiger partial charge on any atom is -0.0351 e. The molecule has 0 nitrogen and oxygen atoms in total. The van der Waals surface area contributed by atoms with Crippen molar-refractivity contribution in [2.45, 2.75) is 129 Å². The van der Waals surface area contributed by atoms with Crippen LogP contribution >= 0.6 is 0 Å². The van der Waals surface area contributed by atoms with E-state index in [1.54, 1.807) is 0 Å². The third kappa shape index (κ3) is 19.7. The molecule has 0 amide bonds. The van der Waals surface area contributed by atoms with Gasteiger partial charge in [-0.25, -0.2) is 0 Å².